The first-order chi connectivity index (χ1) is 13.5. The van der Waals surface area contributed by atoms with E-state index in [4.69, 9.17) is 29.6 Å². The van der Waals surface area contributed by atoms with Crippen molar-refractivity contribution in [1.82, 2.24) is 0 Å². The molecule has 1 heterocycles. The highest BCUT2D eigenvalue weighted by Crippen LogP contribution is 2.42. The lowest BCUT2D eigenvalue weighted by molar-refractivity contribution is -0.119. The Morgan fingerprint density at radius 2 is 1.79 bits per heavy atom. The van der Waals surface area contributed by atoms with E-state index in [0.29, 0.717) is 22.2 Å². The maximum Gasteiger partial charge on any atom is 0.255 e. The van der Waals surface area contributed by atoms with Crippen LogP contribution in [0.15, 0.2) is 66.7 Å². The Kier molecular flexibility index (Phi) is 4.77. The average Bonchev–Trinajstić information content (AvgIpc) is 2.92. The van der Waals surface area contributed by atoms with Crippen molar-refractivity contribution in [3.8, 4) is 12.3 Å². The Hall–Kier alpha value is -2.93. The van der Waals surface area contributed by atoms with Gasteiger partial charge in [0.15, 0.2) is 0 Å². The molecule has 1 aliphatic heterocycles. The number of rotatable bonds is 4. The molecule has 0 bridgehead atoms. The summed E-state index contributed by atoms with van der Waals surface area (Å²) in [7, 11) is 0. The van der Waals surface area contributed by atoms with Crippen LogP contribution in [0.2, 0.25) is 10.0 Å². The molecule has 1 amide bonds. The van der Waals surface area contributed by atoms with Crippen LogP contribution in [-0.2, 0) is 16.8 Å². The van der Waals surface area contributed by atoms with Gasteiger partial charge in [0.1, 0.15) is 5.54 Å². The van der Waals surface area contributed by atoms with Crippen LogP contribution in [0.3, 0.4) is 0 Å². The summed E-state index contributed by atoms with van der Waals surface area (Å²) in [6.45, 7) is 0. The second-order valence-electron chi connectivity index (χ2n) is 6.71. The fourth-order valence-electron chi connectivity index (χ4n) is 3.57. The number of carbonyl (C=O) groups excluding carboxylic acids is 1. The molecule has 1 aliphatic rings. The number of benzene rings is 3. The van der Waals surface area contributed by atoms with Gasteiger partial charge in [-0.05, 0) is 48.0 Å². The monoisotopic (exact) mass is 406 g/mol. The van der Waals surface area contributed by atoms with Gasteiger partial charge in [-0.25, -0.2) is 0 Å². The molecular formula is C23H16Cl2N2O. The molecule has 1 atom stereocenters. The summed E-state index contributed by atoms with van der Waals surface area (Å²) in [5.74, 6) is 2.47. The van der Waals surface area contributed by atoms with Gasteiger partial charge in [-0.3, -0.25) is 4.79 Å². The number of halogens is 2. The third kappa shape index (κ3) is 3.33. The first kappa shape index (κ1) is 18.4. The molecule has 0 aromatic heterocycles. The second-order valence-corrected chi connectivity index (χ2v) is 7.58. The first-order valence-corrected chi connectivity index (χ1v) is 9.46. The maximum absolute atomic E-state index is 13.2. The van der Waals surface area contributed by atoms with Gasteiger partial charge < -0.3 is 10.6 Å². The SMILES string of the molecule is C#Cc1cccc(NC2(Cc3cccc(Cl)c3)C(=O)Nc3cc(Cl)ccc32)c1. The number of fused-ring (bicyclic) bond motifs is 1. The fraction of sp³-hybridized carbons (Fsp3) is 0.0870. The van der Waals surface area contributed by atoms with E-state index in [1.807, 2.05) is 54.6 Å². The van der Waals surface area contributed by atoms with Crippen molar-refractivity contribution in [2.24, 2.45) is 0 Å². The molecule has 0 saturated heterocycles. The molecule has 0 fully saturated rings. The number of nitrogens with one attached hydrogen (secondary N) is 2. The Morgan fingerprint density at radius 3 is 2.57 bits per heavy atom. The minimum Gasteiger partial charge on any atom is -0.367 e. The summed E-state index contributed by atoms with van der Waals surface area (Å²) in [5.41, 5.74) is 2.94. The predicted octanol–water partition coefficient (Wildman–Crippen LogP) is 5.48. The first-order valence-electron chi connectivity index (χ1n) is 8.71. The Balaban J connectivity index is 1.84. The van der Waals surface area contributed by atoms with Gasteiger partial charge in [0, 0.05) is 39.0 Å². The molecule has 0 aliphatic carbocycles. The highest BCUT2D eigenvalue weighted by molar-refractivity contribution is 6.31. The zero-order chi connectivity index (χ0) is 19.7. The molecule has 3 aromatic carbocycles. The van der Waals surface area contributed by atoms with Crippen LogP contribution in [0.25, 0.3) is 0 Å². The molecule has 28 heavy (non-hydrogen) atoms. The number of amides is 1. The number of anilines is 2. The molecule has 0 saturated carbocycles. The van der Waals surface area contributed by atoms with Crippen molar-refractivity contribution >= 4 is 40.5 Å². The van der Waals surface area contributed by atoms with Gasteiger partial charge in [0.05, 0.1) is 0 Å². The van der Waals surface area contributed by atoms with E-state index in [0.717, 1.165) is 22.4 Å². The summed E-state index contributed by atoms with van der Waals surface area (Å²) in [4.78, 5) is 13.2. The molecular weight excluding hydrogens is 391 g/mol. The molecule has 2 N–H and O–H groups in total. The Morgan fingerprint density at radius 1 is 1.00 bits per heavy atom. The smallest absolute Gasteiger partial charge is 0.255 e. The molecule has 3 aromatic rings. The second kappa shape index (κ2) is 7.24. The lowest BCUT2D eigenvalue weighted by atomic mass is 9.84. The maximum atomic E-state index is 13.2. The molecule has 3 nitrogen and oxygen atoms in total. The van der Waals surface area contributed by atoms with Crippen LogP contribution in [0.5, 0.6) is 0 Å². The van der Waals surface area contributed by atoms with Gasteiger partial charge in [-0.2, -0.15) is 0 Å². The molecule has 1 unspecified atom stereocenters. The zero-order valence-corrected chi connectivity index (χ0v) is 16.3. The summed E-state index contributed by atoms with van der Waals surface area (Å²) >= 11 is 12.3. The molecule has 5 heteroatoms. The normalized spacial score (nSPS) is 17.5. The van der Waals surface area contributed by atoms with E-state index >= 15 is 0 Å². The largest absolute Gasteiger partial charge is 0.367 e. The van der Waals surface area contributed by atoms with Gasteiger partial charge in [0.25, 0.3) is 5.91 Å². The van der Waals surface area contributed by atoms with Gasteiger partial charge in [-0.1, -0.05) is 53.4 Å². The van der Waals surface area contributed by atoms with E-state index in [1.165, 1.54) is 0 Å². The van der Waals surface area contributed by atoms with E-state index in [9.17, 15) is 4.79 Å². The lowest BCUT2D eigenvalue weighted by Crippen LogP contribution is -2.44. The average molecular weight is 407 g/mol. The van der Waals surface area contributed by atoms with Crippen molar-refractivity contribution in [2.45, 2.75) is 12.0 Å². The van der Waals surface area contributed by atoms with Crippen LogP contribution >= 0.6 is 23.2 Å². The van der Waals surface area contributed by atoms with Crippen LogP contribution in [0.4, 0.5) is 11.4 Å². The standard InChI is InChI=1S/C23H16Cl2N2O/c1-2-15-5-4-8-19(12-15)27-23(14-16-6-3-7-17(24)11-16)20-10-9-18(25)13-21(20)26-22(23)28/h1,3-13,27H,14H2,(H,26,28). The molecule has 0 radical (unpaired) electrons. The summed E-state index contributed by atoms with van der Waals surface area (Å²) in [6.07, 6.45) is 5.95. The number of hydrogen-bond donors (Lipinski definition) is 2. The third-order valence-corrected chi connectivity index (χ3v) is 5.29. The van der Waals surface area contributed by atoms with Crippen molar-refractivity contribution in [3.63, 3.8) is 0 Å². The fourth-order valence-corrected chi connectivity index (χ4v) is 3.96. The highest BCUT2D eigenvalue weighted by atomic mass is 35.5. The quantitative estimate of drug-likeness (QED) is 0.563. The highest BCUT2D eigenvalue weighted by Gasteiger charge is 2.47. The van der Waals surface area contributed by atoms with Crippen LogP contribution in [0.1, 0.15) is 16.7 Å². The van der Waals surface area contributed by atoms with Crippen molar-refractivity contribution in [3.05, 3.63) is 93.5 Å². The summed E-state index contributed by atoms with van der Waals surface area (Å²) < 4.78 is 0. The molecule has 4 rings (SSSR count). The third-order valence-electron chi connectivity index (χ3n) is 4.82. The van der Waals surface area contributed by atoms with E-state index in [1.54, 1.807) is 12.1 Å². The Labute approximate surface area is 173 Å². The van der Waals surface area contributed by atoms with Crippen LogP contribution < -0.4 is 10.6 Å². The van der Waals surface area contributed by atoms with Crippen LogP contribution in [-0.4, -0.2) is 5.91 Å². The van der Waals surface area contributed by atoms with E-state index in [-0.39, 0.29) is 5.91 Å². The van der Waals surface area contributed by atoms with E-state index in [2.05, 4.69) is 16.6 Å². The van der Waals surface area contributed by atoms with Gasteiger partial charge in [-0.15, -0.1) is 6.42 Å². The number of hydrogen-bond acceptors (Lipinski definition) is 2. The summed E-state index contributed by atoms with van der Waals surface area (Å²) in [6, 6.07) is 20.4. The van der Waals surface area contributed by atoms with Crippen molar-refractivity contribution < 1.29 is 4.79 Å². The number of terminal acetylenes is 1. The lowest BCUT2D eigenvalue weighted by Gasteiger charge is -2.30. The molecule has 138 valence electrons. The summed E-state index contributed by atoms with van der Waals surface area (Å²) in [5, 5.41) is 7.57. The van der Waals surface area contributed by atoms with Gasteiger partial charge in [0.2, 0.25) is 0 Å². The Bertz CT molecular complexity index is 1120. The predicted molar refractivity (Wildman–Crippen MR) is 115 cm³/mol. The minimum absolute atomic E-state index is 0.157. The van der Waals surface area contributed by atoms with E-state index < -0.39 is 5.54 Å². The minimum atomic E-state index is -1.02. The van der Waals surface area contributed by atoms with Crippen LogP contribution in [0, 0.1) is 12.3 Å². The van der Waals surface area contributed by atoms with Gasteiger partial charge >= 0.3 is 0 Å². The topological polar surface area (TPSA) is 41.1 Å². The number of carbonyl (C=O) groups is 1. The van der Waals surface area contributed by atoms with Crippen molar-refractivity contribution in [1.29, 1.82) is 0 Å². The van der Waals surface area contributed by atoms with Crippen molar-refractivity contribution in [2.75, 3.05) is 10.6 Å². The molecule has 0 spiro atoms. The zero-order valence-electron chi connectivity index (χ0n) is 14.8.